The molecule has 6 nitrogen and oxygen atoms in total. The van der Waals surface area contributed by atoms with E-state index in [9.17, 15) is 9.18 Å². The lowest BCUT2D eigenvalue weighted by Gasteiger charge is -2.13. The van der Waals surface area contributed by atoms with Gasteiger partial charge in [-0.1, -0.05) is 18.2 Å². The number of carboxylic acids is 1. The first-order valence-electron chi connectivity index (χ1n) is 9.75. The van der Waals surface area contributed by atoms with E-state index in [1.54, 1.807) is 36.6 Å². The predicted molar refractivity (Wildman–Crippen MR) is 114 cm³/mol. The van der Waals surface area contributed by atoms with Gasteiger partial charge in [0.2, 0.25) is 0 Å². The molecule has 0 saturated heterocycles. The molecule has 2 heterocycles. The normalized spacial score (nSPS) is 11.1. The van der Waals surface area contributed by atoms with Crippen molar-refractivity contribution < 1.29 is 23.4 Å². The minimum atomic E-state index is -0.933. The molecule has 7 heteroatoms. The lowest BCUT2D eigenvalue weighted by atomic mass is 9.99. The maximum atomic E-state index is 15.0. The molecule has 0 saturated carbocycles. The van der Waals surface area contributed by atoms with E-state index >= 15 is 0 Å². The Balaban J connectivity index is 1.74. The number of benzene rings is 2. The number of nitrogens with zero attached hydrogens (tertiary/aromatic N) is 1. The second-order valence-electron chi connectivity index (χ2n) is 7.23. The molecule has 3 N–H and O–H groups in total. The molecular weight excluding hydrogens is 399 g/mol. The molecule has 0 aliphatic heterocycles. The Morgan fingerprint density at radius 3 is 2.81 bits per heavy atom. The van der Waals surface area contributed by atoms with Crippen molar-refractivity contribution in [2.24, 2.45) is 5.73 Å². The number of carboxylic acid groups (broad SMARTS) is 1. The van der Waals surface area contributed by atoms with Crippen LogP contribution in [-0.4, -0.2) is 16.1 Å². The van der Waals surface area contributed by atoms with Gasteiger partial charge in [0.15, 0.2) is 5.82 Å². The molecule has 0 bridgehead atoms. The van der Waals surface area contributed by atoms with Gasteiger partial charge in [0.25, 0.3) is 0 Å². The number of furan rings is 1. The van der Waals surface area contributed by atoms with Crippen molar-refractivity contribution in [3.63, 3.8) is 0 Å². The Morgan fingerprint density at radius 1 is 1.23 bits per heavy atom. The van der Waals surface area contributed by atoms with Crippen LogP contribution in [0.4, 0.5) is 4.39 Å². The summed E-state index contributed by atoms with van der Waals surface area (Å²) < 4.78 is 26.6. The van der Waals surface area contributed by atoms with E-state index in [0.717, 1.165) is 16.5 Å². The maximum absolute atomic E-state index is 15.0. The number of halogens is 1. The largest absolute Gasteiger partial charge is 0.489 e. The van der Waals surface area contributed by atoms with Crippen LogP contribution in [0, 0.1) is 12.7 Å². The number of aromatic nitrogens is 1. The van der Waals surface area contributed by atoms with Gasteiger partial charge in [0.05, 0.1) is 18.4 Å². The third-order valence-corrected chi connectivity index (χ3v) is 5.08. The summed E-state index contributed by atoms with van der Waals surface area (Å²) in [6.07, 6.45) is 3.02. The lowest BCUT2D eigenvalue weighted by molar-refractivity contribution is -0.136. The minimum Gasteiger partial charge on any atom is -0.489 e. The summed E-state index contributed by atoms with van der Waals surface area (Å²) >= 11 is 0. The first-order chi connectivity index (χ1) is 15.0. The molecule has 0 radical (unpaired) electrons. The van der Waals surface area contributed by atoms with E-state index in [4.69, 9.17) is 20.0 Å². The Morgan fingerprint density at radius 2 is 2.03 bits per heavy atom. The Kier molecular flexibility index (Phi) is 5.68. The summed E-state index contributed by atoms with van der Waals surface area (Å²) in [4.78, 5) is 15.1. The number of aliphatic carboxylic acids is 1. The number of hydrogen-bond donors (Lipinski definition) is 2. The van der Waals surface area contributed by atoms with Gasteiger partial charge in [0, 0.05) is 34.8 Å². The molecule has 2 aromatic heterocycles. The van der Waals surface area contributed by atoms with Crippen molar-refractivity contribution in [1.82, 2.24) is 4.98 Å². The second-order valence-corrected chi connectivity index (χ2v) is 7.23. The number of hydrogen-bond acceptors (Lipinski definition) is 5. The Labute approximate surface area is 178 Å². The molecule has 4 rings (SSSR count). The zero-order valence-corrected chi connectivity index (χ0v) is 16.9. The number of pyridine rings is 1. The van der Waals surface area contributed by atoms with Gasteiger partial charge in [-0.05, 0) is 42.3 Å². The summed E-state index contributed by atoms with van der Waals surface area (Å²) in [6, 6.07) is 12.3. The van der Waals surface area contributed by atoms with Crippen molar-refractivity contribution >= 4 is 16.9 Å². The predicted octanol–water partition coefficient (Wildman–Crippen LogP) is 4.61. The molecule has 31 heavy (non-hydrogen) atoms. The lowest BCUT2D eigenvalue weighted by Crippen LogP contribution is -2.05. The fourth-order valence-electron chi connectivity index (χ4n) is 3.55. The van der Waals surface area contributed by atoms with Gasteiger partial charge in [-0.15, -0.1) is 0 Å². The summed E-state index contributed by atoms with van der Waals surface area (Å²) in [7, 11) is 0. The molecule has 0 aliphatic carbocycles. The standard InChI is InChI=1S/C24H21FN2O4/c1-14-12-31-24-18(14)8-15(9-19(24)17-6-7-27-20(11-26)23(17)25)13-30-21-5-3-2-4-16(21)10-22(28)29/h2-9,12H,10-11,13,26H2,1H3,(H,28,29). The van der Waals surface area contributed by atoms with E-state index in [-0.39, 0.29) is 25.3 Å². The number of fused-ring (bicyclic) bond motifs is 1. The van der Waals surface area contributed by atoms with Gasteiger partial charge in [-0.25, -0.2) is 4.39 Å². The molecule has 4 aromatic rings. The highest BCUT2D eigenvalue weighted by Crippen LogP contribution is 2.35. The molecule has 0 atom stereocenters. The molecule has 0 unspecified atom stereocenters. The third kappa shape index (κ3) is 4.13. The fourth-order valence-corrected chi connectivity index (χ4v) is 3.55. The zero-order valence-electron chi connectivity index (χ0n) is 16.9. The van der Waals surface area contributed by atoms with Crippen LogP contribution >= 0.6 is 0 Å². The summed E-state index contributed by atoms with van der Waals surface area (Å²) in [5.41, 5.74) is 9.59. The van der Waals surface area contributed by atoms with E-state index in [1.807, 2.05) is 19.1 Å². The summed E-state index contributed by atoms with van der Waals surface area (Å²) in [5.74, 6) is -0.918. The van der Waals surface area contributed by atoms with E-state index in [0.29, 0.717) is 28.0 Å². The molecule has 0 fully saturated rings. The van der Waals surface area contributed by atoms with Crippen LogP contribution in [0.1, 0.15) is 22.4 Å². The maximum Gasteiger partial charge on any atom is 0.307 e. The number of nitrogens with two attached hydrogens (primary N) is 1. The molecule has 2 aromatic carbocycles. The van der Waals surface area contributed by atoms with Crippen LogP contribution in [0.3, 0.4) is 0 Å². The van der Waals surface area contributed by atoms with Gasteiger partial charge in [-0.3, -0.25) is 9.78 Å². The summed E-state index contributed by atoms with van der Waals surface area (Å²) in [6.45, 7) is 2.08. The molecule has 0 aliphatic rings. The van der Waals surface area contributed by atoms with E-state index in [2.05, 4.69) is 4.98 Å². The minimum absolute atomic E-state index is 0.0108. The Hall–Kier alpha value is -3.71. The van der Waals surface area contributed by atoms with Crippen LogP contribution in [-0.2, 0) is 24.4 Å². The monoisotopic (exact) mass is 420 g/mol. The van der Waals surface area contributed by atoms with E-state index in [1.165, 1.54) is 6.20 Å². The molecule has 158 valence electrons. The van der Waals surface area contributed by atoms with Gasteiger partial charge < -0.3 is 20.0 Å². The van der Waals surface area contributed by atoms with Crippen LogP contribution in [0.2, 0.25) is 0 Å². The van der Waals surface area contributed by atoms with Crippen molar-refractivity contribution in [3.05, 3.63) is 83.1 Å². The van der Waals surface area contributed by atoms with Crippen LogP contribution < -0.4 is 10.5 Å². The number of para-hydroxylation sites is 1. The number of aryl methyl sites for hydroxylation is 1. The van der Waals surface area contributed by atoms with Gasteiger partial charge >= 0.3 is 5.97 Å². The van der Waals surface area contributed by atoms with Crippen LogP contribution in [0.25, 0.3) is 22.1 Å². The SMILES string of the molecule is Cc1coc2c(-c3ccnc(CN)c3F)cc(COc3ccccc3CC(=O)O)cc12. The highest BCUT2D eigenvalue weighted by Gasteiger charge is 2.18. The number of ether oxygens (including phenoxy) is 1. The quantitative estimate of drug-likeness (QED) is 0.453. The van der Waals surface area contributed by atoms with E-state index < -0.39 is 11.8 Å². The summed E-state index contributed by atoms with van der Waals surface area (Å²) in [5, 5.41) is 9.97. The fraction of sp³-hybridized carbons (Fsp3) is 0.167. The zero-order chi connectivity index (χ0) is 22.0. The first-order valence-corrected chi connectivity index (χ1v) is 9.75. The molecular formula is C24H21FN2O4. The third-order valence-electron chi connectivity index (χ3n) is 5.08. The van der Waals surface area contributed by atoms with Crippen molar-refractivity contribution in [2.45, 2.75) is 26.5 Å². The average molecular weight is 420 g/mol. The topological polar surface area (TPSA) is 98.6 Å². The van der Waals surface area contributed by atoms with Gasteiger partial charge in [0.1, 0.15) is 17.9 Å². The van der Waals surface area contributed by atoms with Crippen molar-refractivity contribution in [1.29, 1.82) is 0 Å². The highest BCUT2D eigenvalue weighted by atomic mass is 19.1. The van der Waals surface area contributed by atoms with Crippen molar-refractivity contribution in [3.8, 4) is 16.9 Å². The van der Waals surface area contributed by atoms with Crippen molar-refractivity contribution in [2.75, 3.05) is 0 Å². The number of rotatable bonds is 7. The Bertz CT molecular complexity index is 1270. The van der Waals surface area contributed by atoms with Gasteiger partial charge in [-0.2, -0.15) is 0 Å². The second kappa shape index (κ2) is 8.57. The highest BCUT2D eigenvalue weighted by molar-refractivity contribution is 5.95. The average Bonchev–Trinajstić information content (AvgIpc) is 3.13. The smallest absolute Gasteiger partial charge is 0.307 e. The van der Waals surface area contributed by atoms with Crippen LogP contribution in [0.15, 0.2) is 59.3 Å². The first kappa shape index (κ1) is 20.6. The molecule has 0 amide bonds. The molecule has 0 spiro atoms. The number of carbonyl (C=O) groups is 1. The van der Waals surface area contributed by atoms with Crippen LogP contribution in [0.5, 0.6) is 5.75 Å².